The van der Waals surface area contributed by atoms with Gasteiger partial charge in [0, 0.05) is 13.2 Å². The highest BCUT2D eigenvalue weighted by molar-refractivity contribution is 4.44. The molecule has 0 aromatic carbocycles. The van der Waals surface area contributed by atoms with E-state index in [9.17, 15) is 0 Å². The smallest absolute Gasteiger partial charge is 0.0488 e. The van der Waals surface area contributed by atoms with E-state index >= 15 is 0 Å². The van der Waals surface area contributed by atoms with Gasteiger partial charge in [-0.05, 0) is 18.3 Å². The summed E-state index contributed by atoms with van der Waals surface area (Å²) in [6.45, 7) is 10.6. The number of hydrogen-bond acceptors (Lipinski definition) is 1. The van der Waals surface area contributed by atoms with Crippen molar-refractivity contribution >= 4 is 0 Å². The SMILES string of the molecule is C.CC(C)CCOCC(C)C. The van der Waals surface area contributed by atoms with Gasteiger partial charge in [0.1, 0.15) is 0 Å². The predicted octanol–water partition coefficient (Wildman–Crippen LogP) is 3.34. The van der Waals surface area contributed by atoms with Crippen molar-refractivity contribution in [1.29, 1.82) is 0 Å². The van der Waals surface area contributed by atoms with E-state index in [1.807, 2.05) is 0 Å². The largest absolute Gasteiger partial charge is 0.381 e. The van der Waals surface area contributed by atoms with Crippen molar-refractivity contribution in [2.24, 2.45) is 11.8 Å². The molecule has 0 atom stereocenters. The summed E-state index contributed by atoms with van der Waals surface area (Å²) in [5, 5.41) is 0. The van der Waals surface area contributed by atoms with E-state index in [2.05, 4.69) is 27.7 Å². The van der Waals surface area contributed by atoms with Gasteiger partial charge in [-0.2, -0.15) is 0 Å². The zero-order valence-corrected chi connectivity index (χ0v) is 7.68. The molecule has 0 unspecified atom stereocenters. The molecule has 0 aliphatic heterocycles. The lowest BCUT2D eigenvalue weighted by Gasteiger charge is -2.07. The molecule has 1 nitrogen and oxygen atoms in total. The maximum absolute atomic E-state index is 5.41. The van der Waals surface area contributed by atoms with Crippen molar-refractivity contribution < 1.29 is 4.74 Å². The summed E-state index contributed by atoms with van der Waals surface area (Å²) in [6.07, 6.45) is 1.19. The van der Waals surface area contributed by atoms with Gasteiger partial charge in [-0.3, -0.25) is 0 Å². The van der Waals surface area contributed by atoms with Crippen LogP contribution in [-0.4, -0.2) is 13.2 Å². The van der Waals surface area contributed by atoms with Crippen LogP contribution in [0.4, 0.5) is 0 Å². The van der Waals surface area contributed by atoms with Gasteiger partial charge in [-0.1, -0.05) is 35.1 Å². The molecule has 0 bridgehead atoms. The average molecular weight is 160 g/mol. The van der Waals surface area contributed by atoms with Crippen molar-refractivity contribution in [3.63, 3.8) is 0 Å². The molecule has 0 saturated carbocycles. The van der Waals surface area contributed by atoms with E-state index in [0.717, 1.165) is 19.1 Å². The molecule has 0 aliphatic rings. The van der Waals surface area contributed by atoms with E-state index in [1.165, 1.54) is 6.42 Å². The molecule has 0 aliphatic carbocycles. The third-order valence-electron chi connectivity index (χ3n) is 1.29. The standard InChI is InChI=1S/C9H20O.CH4/c1-8(2)5-6-10-7-9(3)4;/h8-9H,5-7H2,1-4H3;1H4. The molecule has 0 aromatic rings. The van der Waals surface area contributed by atoms with Crippen LogP contribution in [0.1, 0.15) is 41.5 Å². The molecule has 0 rings (SSSR count). The zero-order chi connectivity index (χ0) is 7.98. The number of rotatable bonds is 5. The molecule has 0 saturated heterocycles. The topological polar surface area (TPSA) is 9.23 Å². The van der Waals surface area contributed by atoms with Gasteiger partial charge in [-0.15, -0.1) is 0 Å². The first-order valence-electron chi connectivity index (χ1n) is 4.20. The Balaban J connectivity index is 0. The van der Waals surface area contributed by atoms with Crippen LogP contribution in [0, 0.1) is 11.8 Å². The van der Waals surface area contributed by atoms with E-state index in [0.29, 0.717) is 5.92 Å². The van der Waals surface area contributed by atoms with Gasteiger partial charge in [0.05, 0.1) is 0 Å². The van der Waals surface area contributed by atoms with Crippen LogP contribution in [0.3, 0.4) is 0 Å². The van der Waals surface area contributed by atoms with Crippen LogP contribution in [0.5, 0.6) is 0 Å². The van der Waals surface area contributed by atoms with Crippen LogP contribution in [0.2, 0.25) is 0 Å². The second-order valence-corrected chi connectivity index (χ2v) is 3.65. The fraction of sp³-hybridized carbons (Fsp3) is 1.00. The van der Waals surface area contributed by atoms with E-state index in [4.69, 9.17) is 4.74 Å². The highest BCUT2D eigenvalue weighted by atomic mass is 16.5. The molecule has 0 spiro atoms. The summed E-state index contributed by atoms with van der Waals surface area (Å²) in [6, 6.07) is 0. The minimum Gasteiger partial charge on any atom is -0.381 e. The molecular weight excluding hydrogens is 136 g/mol. The Morgan fingerprint density at radius 3 is 1.91 bits per heavy atom. The monoisotopic (exact) mass is 160 g/mol. The van der Waals surface area contributed by atoms with Crippen LogP contribution >= 0.6 is 0 Å². The van der Waals surface area contributed by atoms with Crippen LogP contribution in [-0.2, 0) is 4.74 Å². The minimum atomic E-state index is 0. The van der Waals surface area contributed by atoms with Crippen LogP contribution in [0.25, 0.3) is 0 Å². The summed E-state index contributed by atoms with van der Waals surface area (Å²) in [5.41, 5.74) is 0. The quantitative estimate of drug-likeness (QED) is 0.560. The van der Waals surface area contributed by atoms with Gasteiger partial charge in [0.2, 0.25) is 0 Å². The third kappa shape index (κ3) is 13.0. The zero-order valence-electron chi connectivity index (χ0n) is 7.68. The van der Waals surface area contributed by atoms with E-state index in [1.54, 1.807) is 0 Å². The number of hydrogen-bond donors (Lipinski definition) is 0. The maximum Gasteiger partial charge on any atom is 0.0488 e. The summed E-state index contributed by atoms with van der Waals surface area (Å²) < 4.78 is 5.41. The molecule has 0 N–H and O–H groups in total. The van der Waals surface area contributed by atoms with Gasteiger partial charge in [0.25, 0.3) is 0 Å². The lowest BCUT2D eigenvalue weighted by atomic mass is 10.1. The van der Waals surface area contributed by atoms with E-state index in [-0.39, 0.29) is 7.43 Å². The first-order chi connectivity index (χ1) is 4.63. The Morgan fingerprint density at radius 1 is 1.00 bits per heavy atom. The second kappa shape index (κ2) is 8.06. The Labute approximate surface area is 72.1 Å². The molecule has 0 fully saturated rings. The lowest BCUT2D eigenvalue weighted by molar-refractivity contribution is 0.101. The summed E-state index contributed by atoms with van der Waals surface area (Å²) >= 11 is 0. The lowest BCUT2D eigenvalue weighted by Crippen LogP contribution is -2.04. The van der Waals surface area contributed by atoms with Crippen molar-refractivity contribution in [1.82, 2.24) is 0 Å². The predicted molar refractivity (Wildman–Crippen MR) is 51.8 cm³/mol. The molecule has 70 valence electrons. The van der Waals surface area contributed by atoms with Gasteiger partial charge < -0.3 is 4.74 Å². The molecule has 0 aromatic heterocycles. The Morgan fingerprint density at radius 2 is 1.55 bits per heavy atom. The summed E-state index contributed by atoms with van der Waals surface area (Å²) in [5.74, 6) is 1.44. The van der Waals surface area contributed by atoms with Crippen molar-refractivity contribution in [3.8, 4) is 0 Å². The molecule has 0 radical (unpaired) electrons. The van der Waals surface area contributed by atoms with Crippen molar-refractivity contribution in [3.05, 3.63) is 0 Å². The van der Waals surface area contributed by atoms with Crippen molar-refractivity contribution in [2.45, 2.75) is 41.5 Å². The molecule has 0 heterocycles. The highest BCUT2D eigenvalue weighted by Gasteiger charge is 1.95. The Kier molecular flexibility index (Phi) is 9.92. The van der Waals surface area contributed by atoms with E-state index < -0.39 is 0 Å². The van der Waals surface area contributed by atoms with Crippen molar-refractivity contribution in [2.75, 3.05) is 13.2 Å². The molecular formula is C10H24O. The minimum absolute atomic E-state index is 0. The van der Waals surface area contributed by atoms with Gasteiger partial charge in [-0.25, -0.2) is 0 Å². The van der Waals surface area contributed by atoms with Crippen LogP contribution < -0.4 is 0 Å². The maximum atomic E-state index is 5.41. The molecule has 11 heavy (non-hydrogen) atoms. The summed E-state index contributed by atoms with van der Waals surface area (Å²) in [7, 11) is 0. The average Bonchev–Trinajstić information content (AvgIpc) is 1.79. The normalized spacial score (nSPS) is 10.4. The first kappa shape index (κ1) is 13.5. The fourth-order valence-corrected chi connectivity index (χ4v) is 0.638. The van der Waals surface area contributed by atoms with Crippen LogP contribution in [0.15, 0.2) is 0 Å². The fourth-order valence-electron chi connectivity index (χ4n) is 0.638. The third-order valence-corrected chi connectivity index (χ3v) is 1.29. The second-order valence-electron chi connectivity index (χ2n) is 3.65. The van der Waals surface area contributed by atoms with Gasteiger partial charge >= 0.3 is 0 Å². The number of ether oxygens (including phenoxy) is 1. The Bertz CT molecular complexity index is 57.3. The highest BCUT2D eigenvalue weighted by Crippen LogP contribution is 2.00. The summed E-state index contributed by atoms with van der Waals surface area (Å²) in [4.78, 5) is 0. The molecule has 0 amide bonds. The Hall–Kier alpha value is -0.0400. The van der Waals surface area contributed by atoms with Gasteiger partial charge in [0.15, 0.2) is 0 Å². The molecule has 1 heteroatoms. The first-order valence-corrected chi connectivity index (χ1v) is 4.20.